The van der Waals surface area contributed by atoms with Gasteiger partial charge in [-0.25, -0.2) is 13.6 Å². The predicted molar refractivity (Wildman–Crippen MR) is 88.3 cm³/mol. The van der Waals surface area contributed by atoms with Gasteiger partial charge in [0, 0.05) is 22.8 Å². The highest BCUT2D eigenvalue weighted by Crippen LogP contribution is 2.42. The van der Waals surface area contributed by atoms with E-state index in [0.717, 1.165) is 6.07 Å². The molecular formula is C11H15N3O7S3. The second-order valence-corrected chi connectivity index (χ2v) is 9.39. The largest absolute Gasteiger partial charge is 0.375 e. The van der Waals surface area contributed by atoms with Crippen LogP contribution in [0.4, 0.5) is 11.4 Å². The van der Waals surface area contributed by atoms with Gasteiger partial charge in [-0.05, 0) is 18.9 Å². The van der Waals surface area contributed by atoms with Crippen LogP contribution >= 0.6 is 11.8 Å². The lowest BCUT2D eigenvalue weighted by Crippen LogP contribution is -2.27. The van der Waals surface area contributed by atoms with Crippen molar-refractivity contribution in [1.29, 1.82) is 0 Å². The molecule has 0 fully saturated rings. The van der Waals surface area contributed by atoms with Crippen molar-refractivity contribution in [2.24, 2.45) is 5.14 Å². The number of primary sulfonamides is 1. The van der Waals surface area contributed by atoms with Gasteiger partial charge in [0.25, 0.3) is 15.8 Å². The molecule has 0 aromatic heterocycles. The number of nitro benzene ring substituents is 1. The highest BCUT2D eigenvalue weighted by molar-refractivity contribution is 7.99. The maximum Gasteiger partial charge on any atom is 0.294 e. The van der Waals surface area contributed by atoms with Crippen LogP contribution in [-0.4, -0.2) is 43.9 Å². The summed E-state index contributed by atoms with van der Waals surface area (Å²) < 4.78 is 53.0. The number of sulfonamides is 1. The number of nitro groups is 1. The molecule has 4 N–H and O–H groups in total. The first kappa shape index (κ1) is 18.9. The zero-order valence-corrected chi connectivity index (χ0v) is 14.7. The number of fused-ring (bicyclic) bond motifs is 1. The van der Waals surface area contributed by atoms with E-state index >= 15 is 0 Å². The number of rotatable bonds is 6. The van der Waals surface area contributed by atoms with Crippen LogP contribution in [0, 0.1) is 10.1 Å². The number of nitrogens with zero attached hydrogens (tertiary/aromatic N) is 1. The van der Waals surface area contributed by atoms with Crippen LogP contribution < -0.4 is 10.5 Å². The average Bonchev–Trinajstić information content (AvgIpc) is 2.43. The van der Waals surface area contributed by atoms with Gasteiger partial charge in [-0.1, -0.05) is 0 Å². The lowest BCUT2D eigenvalue weighted by Gasteiger charge is -2.26. The first-order valence-electron chi connectivity index (χ1n) is 6.67. The Labute approximate surface area is 142 Å². The Balaban J connectivity index is 2.26. The highest BCUT2D eigenvalue weighted by atomic mass is 32.2. The summed E-state index contributed by atoms with van der Waals surface area (Å²) in [6, 6.07) is 1.91. The number of hydrogen-bond donors (Lipinski definition) is 3. The van der Waals surface area contributed by atoms with Crippen molar-refractivity contribution in [3.8, 4) is 0 Å². The molecule has 1 aliphatic heterocycles. The van der Waals surface area contributed by atoms with E-state index in [1.807, 2.05) is 0 Å². The van der Waals surface area contributed by atoms with E-state index in [1.54, 1.807) is 0 Å². The van der Waals surface area contributed by atoms with Crippen LogP contribution in [0.5, 0.6) is 0 Å². The van der Waals surface area contributed by atoms with Crippen LogP contribution in [-0.2, 0) is 20.1 Å². The average molecular weight is 397 g/mol. The van der Waals surface area contributed by atoms with Crippen molar-refractivity contribution in [2.75, 3.05) is 16.8 Å². The summed E-state index contributed by atoms with van der Waals surface area (Å²) in [4.78, 5) is 10.6. The molecule has 1 aliphatic rings. The Morgan fingerprint density at radius 1 is 1.38 bits per heavy atom. The van der Waals surface area contributed by atoms with Crippen molar-refractivity contribution in [3.63, 3.8) is 0 Å². The molecule has 0 aliphatic carbocycles. The molecule has 1 heterocycles. The lowest BCUT2D eigenvalue weighted by molar-refractivity contribution is -0.384. The van der Waals surface area contributed by atoms with Crippen molar-refractivity contribution in [2.45, 2.75) is 28.7 Å². The zero-order chi connectivity index (χ0) is 18.1. The molecule has 134 valence electrons. The van der Waals surface area contributed by atoms with Gasteiger partial charge < -0.3 is 5.32 Å². The van der Waals surface area contributed by atoms with Crippen molar-refractivity contribution < 1.29 is 26.3 Å². The highest BCUT2D eigenvalue weighted by Gasteiger charge is 2.29. The van der Waals surface area contributed by atoms with Gasteiger partial charge in [-0.15, -0.1) is 11.8 Å². The fourth-order valence-electron chi connectivity index (χ4n) is 2.25. The van der Waals surface area contributed by atoms with Gasteiger partial charge in [0.1, 0.15) is 5.69 Å². The van der Waals surface area contributed by atoms with Crippen molar-refractivity contribution >= 4 is 43.3 Å². The lowest BCUT2D eigenvalue weighted by atomic mass is 10.1. The van der Waals surface area contributed by atoms with E-state index in [-0.39, 0.29) is 23.0 Å². The molecule has 0 amide bonds. The van der Waals surface area contributed by atoms with E-state index in [2.05, 4.69) is 5.32 Å². The number of thioether (sulfide) groups is 1. The Bertz CT molecular complexity index is 867. The molecule has 1 aromatic rings. The standard InChI is InChI=1S/C11H15N3O7S3/c12-24(20,21)8-4-9(14(15)16)11-10(5-8)22-6-7(13-11)2-1-3-23(17,18)19/h4-5,7,13H,1-3,6H2,(H2,12,20,21)(H,17,18,19)/t7-/m1/s1. The minimum Gasteiger partial charge on any atom is -0.375 e. The molecule has 0 radical (unpaired) electrons. The van der Waals surface area contributed by atoms with Gasteiger partial charge in [0.05, 0.1) is 15.6 Å². The molecule has 0 bridgehead atoms. The van der Waals surface area contributed by atoms with Crippen molar-refractivity contribution in [1.82, 2.24) is 0 Å². The van der Waals surface area contributed by atoms with Crippen molar-refractivity contribution in [3.05, 3.63) is 22.2 Å². The normalized spacial score (nSPS) is 17.8. The fraction of sp³-hybridized carbons (Fsp3) is 0.455. The van der Waals surface area contributed by atoms with E-state index < -0.39 is 36.5 Å². The first-order chi connectivity index (χ1) is 11.0. The smallest absolute Gasteiger partial charge is 0.294 e. The van der Waals surface area contributed by atoms with Crippen LogP contribution in [0.3, 0.4) is 0 Å². The molecule has 2 rings (SSSR count). The Kier molecular flexibility index (Phi) is 5.39. The van der Waals surface area contributed by atoms with Crippen LogP contribution in [0.15, 0.2) is 21.9 Å². The Morgan fingerprint density at radius 3 is 2.58 bits per heavy atom. The third kappa shape index (κ3) is 4.80. The summed E-state index contributed by atoms with van der Waals surface area (Å²) in [5.74, 6) is 0.0683. The third-order valence-electron chi connectivity index (χ3n) is 3.32. The molecule has 0 unspecified atom stereocenters. The SMILES string of the molecule is NS(=O)(=O)c1cc2c(c([N+](=O)[O-])c1)N[C@H](CCCS(=O)(=O)O)CS2. The monoisotopic (exact) mass is 397 g/mol. The molecule has 24 heavy (non-hydrogen) atoms. The maximum atomic E-state index is 11.4. The second-order valence-electron chi connectivity index (χ2n) is 5.20. The molecule has 0 saturated heterocycles. The molecule has 0 saturated carbocycles. The zero-order valence-electron chi connectivity index (χ0n) is 12.2. The third-order valence-corrected chi connectivity index (χ3v) is 6.22. The van der Waals surface area contributed by atoms with Gasteiger partial charge in [0.2, 0.25) is 10.0 Å². The molecule has 10 nitrogen and oxygen atoms in total. The topological polar surface area (TPSA) is 170 Å². The summed E-state index contributed by atoms with van der Waals surface area (Å²) in [5, 5.41) is 19.2. The molecule has 13 heteroatoms. The summed E-state index contributed by atoms with van der Waals surface area (Å²) in [6.07, 6.45) is 0.565. The summed E-state index contributed by atoms with van der Waals surface area (Å²) in [5.41, 5.74) is -0.232. The minimum atomic E-state index is -4.08. The molecule has 0 spiro atoms. The number of nitrogens with two attached hydrogens (primary N) is 1. The van der Waals surface area contributed by atoms with E-state index in [4.69, 9.17) is 9.69 Å². The summed E-state index contributed by atoms with van der Waals surface area (Å²) in [7, 11) is -8.13. The molecular weight excluding hydrogens is 382 g/mol. The van der Waals surface area contributed by atoms with Gasteiger partial charge >= 0.3 is 0 Å². The van der Waals surface area contributed by atoms with E-state index in [0.29, 0.717) is 17.1 Å². The number of benzene rings is 1. The van der Waals surface area contributed by atoms with Gasteiger partial charge in [-0.2, -0.15) is 8.42 Å². The van der Waals surface area contributed by atoms with Gasteiger partial charge in [-0.3, -0.25) is 14.7 Å². The van der Waals surface area contributed by atoms with Crippen LogP contribution in [0.25, 0.3) is 0 Å². The Hall–Kier alpha value is -1.41. The van der Waals surface area contributed by atoms with Gasteiger partial charge in [0.15, 0.2) is 0 Å². The van der Waals surface area contributed by atoms with E-state index in [9.17, 15) is 26.9 Å². The summed E-state index contributed by atoms with van der Waals surface area (Å²) >= 11 is 1.22. The van der Waals surface area contributed by atoms with Crippen LogP contribution in [0.1, 0.15) is 12.8 Å². The predicted octanol–water partition coefficient (Wildman–Crippen LogP) is 0.796. The number of anilines is 1. The fourth-order valence-corrected chi connectivity index (χ4v) is 4.56. The van der Waals surface area contributed by atoms with E-state index in [1.165, 1.54) is 17.8 Å². The first-order valence-corrected chi connectivity index (χ1v) is 10.8. The second kappa shape index (κ2) is 6.84. The number of hydrogen-bond acceptors (Lipinski definition) is 8. The number of nitrogens with one attached hydrogen (secondary N) is 1. The van der Waals surface area contributed by atoms with Crippen LogP contribution in [0.2, 0.25) is 0 Å². The minimum absolute atomic E-state index is 0.181. The quantitative estimate of drug-likeness (QED) is 0.357. The summed E-state index contributed by atoms with van der Waals surface area (Å²) in [6.45, 7) is 0. The maximum absolute atomic E-state index is 11.4. The Morgan fingerprint density at radius 2 is 2.04 bits per heavy atom. The molecule has 1 aromatic carbocycles. The molecule has 1 atom stereocenters.